The van der Waals surface area contributed by atoms with Gasteiger partial charge in [0.2, 0.25) is 11.7 Å². The van der Waals surface area contributed by atoms with Gasteiger partial charge in [-0.15, -0.1) is 0 Å². The van der Waals surface area contributed by atoms with Gasteiger partial charge in [-0.1, -0.05) is 30.3 Å². The number of nitrogens with zero attached hydrogens (tertiary/aromatic N) is 5. The minimum Gasteiger partial charge on any atom is -0.339 e. The van der Waals surface area contributed by atoms with Crippen molar-refractivity contribution in [1.29, 1.82) is 0 Å². The van der Waals surface area contributed by atoms with Crippen molar-refractivity contribution in [1.82, 2.24) is 30.2 Å². The first-order valence-corrected chi connectivity index (χ1v) is 9.32. The molecule has 4 rings (SSSR count). The van der Waals surface area contributed by atoms with Crippen LogP contribution in [0.3, 0.4) is 0 Å². The Bertz CT molecular complexity index is 1120. The van der Waals surface area contributed by atoms with E-state index in [9.17, 15) is 4.79 Å². The molecule has 146 valence electrons. The van der Waals surface area contributed by atoms with Crippen LogP contribution in [0.2, 0.25) is 0 Å². The van der Waals surface area contributed by atoms with Gasteiger partial charge in [0.15, 0.2) is 0 Å². The lowest BCUT2D eigenvalue weighted by Crippen LogP contribution is -2.30. The predicted octanol–water partition coefficient (Wildman–Crippen LogP) is 3.51. The fourth-order valence-corrected chi connectivity index (χ4v) is 3.00. The molecule has 0 saturated heterocycles. The van der Waals surface area contributed by atoms with Crippen molar-refractivity contribution in [2.75, 3.05) is 0 Å². The number of benzene rings is 1. The zero-order valence-electron chi connectivity index (χ0n) is 16.1. The average molecular weight is 388 g/mol. The van der Waals surface area contributed by atoms with Crippen LogP contribution < -0.4 is 5.32 Å². The van der Waals surface area contributed by atoms with Gasteiger partial charge < -0.3 is 9.84 Å². The molecular formula is C21H20N6O2. The van der Waals surface area contributed by atoms with Gasteiger partial charge in [0.1, 0.15) is 11.7 Å². The largest absolute Gasteiger partial charge is 0.339 e. The summed E-state index contributed by atoms with van der Waals surface area (Å²) in [4.78, 5) is 21.5. The fourth-order valence-electron chi connectivity index (χ4n) is 3.00. The lowest BCUT2D eigenvalue weighted by Gasteiger charge is -2.13. The van der Waals surface area contributed by atoms with Gasteiger partial charge in [-0.25, -0.2) is 4.68 Å². The molecule has 0 aliphatic heterocycles. The van der Waals surface area contributed by atoms with Crippen molar-refractivity contribution in [2.45, 2.75) is 26.3 Å². The van der Waals surface area contributed by atoms with Gasteiger partial charge in [0.05, 0.1) is 11.9 Å². The Morgan fingerprint density at radius 2 is 2.00 bits per heavy atom. The molecule has 1 atom stereocenters. The maximum atomic E-state index is 12.9. The average Bonchev–Trinajstić information content (AvgIpc) is 3.42. The van der Waals surface area contributed by atoms with Gasteiger partial charge in [-0.05, 0) is 43.7 Å². The Morgan fingerprint density at radius 1 is 1.17 bits per heavy atom. The maximum absolute atomic E-state index is 12.9. The molecule has 8 heteroatoms. The van der Waals surface area contributed by atoms with Gasteiger partial charge in [0.25, 0.3) is 5.91 Å². The van der Waals surface area contributed by atoms with E-state index in [-0.39, 0.29) is 5.91 Å². The van der Waals surface area contributed by atoms with E-state index in [0.29, 0.717) is 23.8 Å². The molecule has 0 bridgehead atoms. The van der Waals surface area contributed by atoms with Crippen molar-refractivity contribution >= 4 is 5.91 Å². The summed E-state index contributed by atoms with van der Waals surface area (Å²) in [5.74, 6) is 0.557. The molecule has 1 aromatic carbocycles. The van der Waals surface area contributed by atoms with Crippen LogP contribution in [0.15, 0.2) is 65.4 Å². The van der Waals surface area contributed by atoms with Crippen LogP contribution in [0.5, 0.6) is 0 Å². The second-order valence-corrected chi connectivity index (χ2v) is 6.54. The van der Waals surface area contributed by atoms with Crippen LogP contribution in [0.25, 0.3) is 17.1 Å². The topological polar surface area (TPSA) is 98.7 Å². The summed E-state index contributed by atoms with van der Waals surface area (Å²) in [5, 5.41) is 11.3. The van der Waals surface area contributed by atoms with Crippen molar-refractivity contribution in [3.8, 4) is 17.1 Å². The molecule has 1 N–H and O–H groups in total. The molecule has 1 amide bonds. The van der Waals surface area contributed by atoms with E-state index in [0.717, 1.165) is 16.9 Å². The minimum absolute atomic E-state index is 0.266. The molecule has 1 unspecified atom stereocenters. The Hall–Kier alpha value is -3.81. The van der Waals surface area contributed by atoms with Crippen LogP contribution in [-0.4, -0.2) is 30.8 Å². The number of carbonyl (C=O) groups excluding carboxylic acids is 1. The van der Waals surface area contributed by atoms with E-state index in [1.54, 1.807) is 23.1 Å². The van der Waals surface area contributed by atoms with Crippen LogP contribution >= 0.6 is 0 Å². The van der Waals surface area contributed by atoms with Gasteiger partial charge in [-0.2, -0.15) is 10.1 Å². The number of hydrogen-bond acceptors (Lipinski definition) is 6. The Balaban J connectivity index is 1.55. The molecule has 0 aliphatic rings. The first-order chi connectivity index (χ1) is 14.2. The van der Waals surface area contributed by atoms with Crippen LogP contribution in [0.1, 0.15) is 41.5 Å². The molecule has 8 nitrogen and oxygen atoms in total. The third kappa shape index (κ3) is 3.91. The highest BCUT2D eigenvalue weighted by molar-refractivity contribution is 5.93. The number of nitrogens with one attached hydrogen (secondary N) is 1. The summed E-state index contributed by atoms with van der Waals surface area (Å²) in [6, 6.07) is 14.5. The number of pyridine rings is 1. The highest BCUT2D eigenvalue weighted by Crippen LogP contribution is 2.21. The number of aryl methyl sites for hydroxylation is 1. The van der Waals surface area contributed by atoms with Gasteiger partial charge >= 0.3 is 0 Å². The zero-order valence-corrected chi connectivity index (χ0v) is 16.1. The summed E-state index contributed by atoms with van der Waals surface area (Å²) >= 11 is 0. The summed E-state index contributed by atoms with van der Waals surface area (Å²) < 4.78 is 7.02. The van der Waals surface area contributed by atoms with E-state index in [1.807, 2.05) is 56.3 Å². The number of hydrogen-bond donors (Lipinski definition) is 1. The minimum atomic E-state index is -0.411. The van der Waals surface area contributed by atoms with E-state index < -0.39 is 6.04 Å². The molecule has 3 heterocycles. The smallest absolute Gasteiger partial charge is 0.270 e. The molecular weight excluding hydrogens is 368 g/mol. The fraction of sp³-hybridized carbons (Fsp3) is 0.190. The Kier molecular flexibility index (Phi) is 5.15. The van der Waals surface area contributed by atoms with Crippen molar-refractivity contribution in [3.05, 3.63) is 78.2 Å². The number of rotatable bonds is 6. The first kappa shape index (κ1) is 18.5. The standard InChI is InChI=1S/C21H20N6O2/c1-3-17(21-25-19(26-29-21)15-9-11-22-14(2)13-15)24-20(28)18-10-12-23-27(18)16-7-5-4-6-8-16/h4-13,17H,3H2,1-2H3,(H,24,28). The number of para-hydroxylation sites is 1. The van der Waals surface area contributed by atoms with Crippen molar-refractivity contribution in [2.24, 2.45) is 0 Å². The first-order valence-electron chi connectivity index (χ1n) is 9.32. The van der Waals surface area contributed by atoms with E-state index in [2.05, 4.69) is 25.5 Å². The summed E-state index contributed by atoms with van der Waals surface area (Å²) in [6.45, 7) is 3.84. The molecule has 0 aliphatic carbocycles. The van der Waals surface area contributed by atoms with Gasteiger partial charge in [0, 0.05) is 17.5 Å². The van der Waals surface area contributed by atoms with Crippen LogP contribution in [-0.2, 0) is 0 Å². The van der Waals surface area contributed by atoms with Crippen molar-refractivity contribution < 1.29 is 9.32 Å². The molecule has 0 spiro atoms. The molecule has 0 radical (unpaired) electrons. The second kappa shape index (κ2) is 8.05. The van der Waals surface area contributed by atoms with E-state index >= 15 is 0 Å². The quantitative estimate of drug-likeness (QED) is 0.543. The predicted molar refractivity (Wildman–Crippen MR) is 106 cm³/mol. The number of amides is 1. The van der Waals surface area contributed by atoms with Crippen LogP contribution in [0.4, 0.5) is 0 Å². The Morgan fingerprint density at radius 3 is 2.76 bits per heavy atom. The summed E-state index contributed by atoms with van der Waals surface area (Å²) in [6.07, 6.45) is 3.90. The molecule has 29 heavy (non-hydrogen) atoms. The molecule has 0 fully saturated rings. The number of aromatic nitrogens is 5. The SMILES string of the molecule is CCC(NC(=O)c1ccnn1-c1ccccc1)c1nc(-c2ccnc(C)c2)no1. The number of carbonyl (C=O) groups is 1. The normalized spacial score (nSPS) is 11.9. The molecule has 4 aromatic rings. The summed E-state index contributed by atoms with van der Waals surface area (Å²) in [7, 11) is 0. The highest BCUT2D eigenvalue weighted by Gasteiger charge is 2.23. The van der Waals surface area contributed by atoms with Crippen LogP contribution in [0, 0.1) is 6.92 Å². The molecule has 3 aromatic heterocycles. The lowest BCUT2D eigenvalue weighted by atomic mass is 10.2. The Labute approximate surface area is 167 Å². The third-order valence-electron chi connectivity index (χ3n) is 4.48. The third-order valence-corrected chi connectivity index (χ3v) is 4.48. The molecule has 0 saturated carbocycles. The monoisotopic (exact) mass is 388 g/mol. The van der Waals surface area contributed by atoms with Gasteiger partial charge in [-0.3, -0.25) is 9.78 Å². The van der Waals surface area contributed by atoms with Crippen molar-refractivity contribution in [3.63, 3.8) is 0 Å². The van der Waals surface area contributed by atoms with E-state index in [4.69, 9.17) is 4.52 Å². The lowest BCUT2D eigenvalue weighted by molar-refractivity contribution is 0.0919. The summed E-state index contributed by atoms with van der Waals surface area (Å²) in [5.41, 5.74) is 2.92. The zero-order chi connectivity index (χ0) is 20.2. The highest BCUT2D eigenvalue weighted by atomic mass is 16.5. The maximum Gasteiger partial charge on any atom is 0.270 e. The van der Waals surface area contributed by atoms with E-state index in [1.165, 1.54) is 0 Å². The second-order valence-electron chi connectivity index (χ2n) is 6.54.